The molecule has 1 aliphatic heterocycles. The highest BCUT2D eigenvalue weighted by atomic mass is 35.5. The lowest BCUT2D eigenvalue weighted by Crippen LogP contribution is -2.48. The van der Waals surface area contributed by atoms with Gasteiger partial charge >= 0.3 is 0 Å². The normalized spacial score (nSPS) is 15.7. The second kappa shape index (κ2) is 8.99. The number of halogens is 1. The van der Waals surface area contributed by atoms with Crippen LogP contribution in [-0.2, 0) is 0 Å². The molecule has 1 N–H and O–H groups in total. The van der Waals surface area contributed by atoms with Crippen molar-refractivity contribution in [2.75, 3.05) is 45.9 Å². The first-order valence-corrected chi connectivity index (χ1v) is 10.4. The molecule has 1 aromatic heterocycles. The van der Waals surface area contributed by atoms with Gasteiger partial charge in [0.05, 0.1) is 6.54 Å². The molecule has 2 aromatic carbocycles. The molecule has 0 saturated carbocycles. The van der Waals surface area contributed by atoms with Gasteiger partial charge in [-0.1, -0.05) is 29.8 Å². The van der Waals surface area contributed by atoms with E-state index < -0.39 is 0 Å². The Morgan fingerprint density at radius 1 is 1.03 bits per heavy atom. The number of piperazine rings is 1. The van der Waals surface area contributed by atoms with Crippen molar-refractivity contribution < 1.29 is 9.53 Å². The van der Waals surface area contributed by atoms with E-state index in [0.717, 1.165) is 60.6 Å². The number of hydrogen-bond donors (Lipinski definition) is 1. The fourth-order valence-electron chi connectivity index (χ4n) is 3.91. The molecular formula is C23H26ClN3O2. The first-order chi connectivity index (χ1) is 14.1. The van der Waals surface area contributed by atoms with Crippen LogP contribution in [0.5, 0.6) is 5.75 Å². The molecule has 1 aliphatic rings. The minimum Gasteiger partial charge on any atom is -0.492 e. The zero-order chi connectivity index (χ0) is 20.2. The first kappa shape index (κ1) is 20.0. The average molecular weight is 412 g/mol. The van der Waals surface area contributed by atoms with Crippen LogP contribution in [-0.4, -0.2) is 66.4 Å². The quantitative estimate of drug-likeness (QED) is 0.597. The summed E-state index contributed by atoms with van der Waals surface area (Å²) in [5.41, 5.74) is 2.81. The van der Waals surface area contributed by atoms with Crippen LogP contribution in [0.1, 0.15) is 16.1 Å². The van der Waals surface area contributed by atoms with Crippen LogP contribution in [0.3, 0.4) is 0 Å². The Labute approximate surface area is 176 Å². The molecule has 4 rings (SSSR count). The summed E-state index contributed by atoms with van der Waals surface area (Å²) in [6.45, 7) is 7.67. The SMILES string of the molecule is Cc1[nH]c2ccccc2c1C(=O)CN1CCN(CCOc2ccc(Cl)cc2)CC1. The van der Waals surface area contributed by atoms with Crippen molar-refractivity contribution in [1.82, 2.24) is 14.8 Å². The van der Waals surface area contributed by atoms with Gasteiger partial charge in [0.25, 0.3) is 0 Å². The highest BCUT2D eigenvalue weighted by Crippen LogP contribution is 2.22. The number of nitrogens with one attached hydrogen (secondary N) is 1. The number of ether oxygens (including phenoxy) is 1. The van der Waals surface area contributed by atoms with Gasteiger partial charge in [0.15, 0.2) is 5.78 Å². The van der Waals surface area contributed by atoms with E-state index in [1.54, 1.807) is 0 Å². The molecule has 0 atom stereocenters. The van der Waals surface area contributed by atoms with Crippen LogP contribution in [0.2, 0.25) is 5.02 Å². The van der Waals surface area contributed by atoms with E-state index in [2.05, 4.69) is 14.8 Å². The fraction of sp³-hybridized carbons (Fsp3) is 0.348. The maximum atomic E-state index is 12.9. The second-order valence-electron chi connectivity index (χ2n) is 7.51. The van der Waals surface area contributed by atoms with E-state index in [4.69, 9.17) is 16.3 Å². The lowest BCUT2D eigenvalue weighted by molar-refractivity contribution is 0.0832. The van der Waals surface area contributed by atoms with Crippen molar-refractivity contribution in [3.8, 4) is 5.75 Å². The Morgan fingerprint density at radius 3 is 2.48 bits per heavy atom. The van der Waals surface area contributed by atoms with Crippen LogP contribution in [0.4, 0.5) is 0 Å². The van der Waals surface area contributed by atoms with Crippen LogP contribution in [0.15, 0.2) is 48.5 Å². The van der Waals surface area contributed by atoms with Gasteiger partial charge in [0, 0.05) is 59.9 Å². The second-order valence-corrected chi connectivity index (χ2v) is 7.95. The van der Waals surface area contributed by atoms with Gasteiger partial charge in [-0.25, -0.2) is 0 Å². The summed E-state index contributed by atoms with van der Waals surface area (Å²) in [7, 11) is 0. The third-order valence-electron chi connectivity index (χ3n) is 5.49. The number of Topliss-reactive ketones (excluding diaryl/α,β-unsaturated/α-hetero) is 1. The number of hydrogen-bond acceptors (Lipinski definition) is 4. The van der Waals surface area contributed by atoms with E-state index in [1.165, 1.54) is 0 Å². The van der Waals surface area contributed by atoms with Crippen molar-refractivity contribution in [2.24, 2.45) is 0 Å². The van der Waals surface area contributed by atoms with Gasteiger partial charge in [0.1, 0.15) is 12.4 Å². The molecule has 0 unspecified atom stereocenters. The number of rotatable bonds is 7. The van der Waals surface area contributed by atoms with Crippen LogP contribution in [0.25, 0.3) is 10.9 Å². The molecule has 152 valence electrons. The zero-order valence-corrected chi connectivity index (χ0v) is 17.4. The average Bonchev–Trinajstić information content (AvgIpc) is 3.06. The predicted octanol–water partition coefficient (Wildman–Crippen LogP) is 4.01. The molecule has 0 bridgehead atoms. The number of para-hydroxylation sites is 1. The molecule has 5 nitrogen and oxygen atoms in total. The number of nitrogens with zero attached hydrogens (tertiary/aromatic N) is 2. The first-order valence-electron chi connectivity index (χ1n) is 10.0. The molecule has 0 radical (unpaired) electrons. The molecular weight excluding hydrogens is 386 g/mol. The summed E-state index contributed by atoms with van der Waals surface area (Å²) >= 11 is 5.89. The van der Waals surface area contributed by atoms with Gasteiger partial charge in [-0.2, -0.15) is 0 Å². The molecule has 1 fully saturated rings. The number of carbonyl (C=O) groups excluding carboxylic acids is 1. The van der Waals surface area contributed by atoms with Crippen molar-refractivity contribution in [1.29, 1.82) is 0 Å². The Kier molecular flexibility index (Phi) is 6.19. The zero-order valence-electron chi connectivity index (χ0n) is 16.7. The molecule has 0 amide bonds. The van der Waals surface area contributed by atoms with Gasteiger partial charge < -0.3 is 9.72 Å². The lowest BCUT2D eigenvalue weighted by atomic mass is 10.1. The number of ketones is 1. The minimum atomic E-state index is 0.194. The Bertz CT molecular complexity index is 975. The van der Waals surface area contributed by atoms with Crippen LogP contribution in [0, 0.1) is 6.92 Å². The molecule has 29 heavy (non-hydrogen) atoms. The predicted molar refractivity (Wildman–Crippen MR) is 117 cm³/mol. The van der Waals surface area contributed by atoms with Gasteiger partial charge in [0.2, 0.25) is 0 Å². The highest BCUT2D eigenvalue weighted by molar-refractivity contribution is 6.30. The maximum absolute atomic E-state index is 12.9. The van der Waals surface area contributed by atoms with Crippen molar-refractivity contribution in [3.63, 3.8) is 0 Å². The summed E-state index contributed by atoms with van der Waals surface area (Å²) < 4.78 is 5.79. The lowest BCUT2D eigenvalue weighted by Gasteiger charge is -2.34. The third-order valence-corrected chi connectivity index (χ3v) is 5.75. The Morgan fingerprint density at radius 2 is 1.72 bits per heavy atom. The third kappa shape index (κ3) is 4.81. The Hall–Kier alpha value is -2.34. The standard InChI is InChI=1S/C23H26ClN3O2/c1-17-23(20-4-2-3-5-21(20)25-17)22(28)16-27-12-10-26(11-13-27)14-15-29-19-8-6-18(24)7-9-19/h2-9,25H,10-16H2,1H3. The fourth-order valence-corrected chi connectivity index (χ4v) is 4.04. The van der Waals surface area contributed by atoms with Crippen molar-refractivity contribution in [3.05, 3.63) is 64.8 Å². The number of benzene rings is 2. The van der Waals surface area contributed by atoms with E-state index in [-0.39, 0.29) is 5.78 Å². The summed E-state index contributed by atoms with van der Waals surface area (Å²) in [6.07, 6.45) is 0. The minimum absolute atomic E-state index is 0.194. The van der Waals surface area contributed by atoms with Gasteiger partial charge in [-0.3, -0.25) is 14.6 Å². The number of carbonyl (C=O) groups is 1. The number of aromatic nitrogens is 1. The molecule has 0 spiro atoms. The van der Waals surface area contributed by atoms with Crippen molar-refractivity contribution >= 4 is 28.3 Å². The van der Waals surface area contributed by atoms with Crippen molar-refractivity contribution in [2.45, 2.75) is 6.92 Å². The largest absolute Gasteiger partial charge is 0.492 e. The van der Waals surface area contributed by atoms with Crippen LogP contribution >= 0.6 is 11.6 Å². The molecule has 1 saturated heterocycles. The summed E-state index contributed by atoms with van der Waals surface area (Å²) in [5.74, 6) is 1.03. The molecule has 2 heterocycles. The topological polar surface area (TPSA) is 48.6 Å². The van der Waals surface area contributed by atoms with E-state index in [1.807, 2.05) is 55.5 Å². The molecule has 6 heteroatoms. The number of fused-ring (bicyclic) bond motifs is 1. The smallest absolute Gasteiger partial charge is 0.179 e. The summed E-state index contributed by atoms with van der Waals surface area (Å²) in [5, 5.41) is 1.74. The van der Waals surface area contributed by atoms with E-state index >= 15 is 0 Å². The number of aromatic amines is 1. The van der Waals surface area contributed by atoms with E-state index in [9.17, 15) is 4.79 Å². The number of H-pyrrole nitrogens is 1. The molecule has 3 aromatic rings. The Balaban J connectivity index is 1.25. The molecule has 0 aliphatic carbocycles. The summed E-state index contributed by atoms with van der Waals surface area (Å²) in [6, 6.07) is 15.5. The van der Waals surface area contributed by atoms with E-state index in [0.29, 0.717) is 18.2 Å². The van der Waals surface area contributed by atoms with Gasteiger partial charge in [-0.15, -0.1) is 0 Å². The monoisotopic (exact) mass is 411 g/mol. The number of aryl methyl sites for hydroxylation is 1. The van der Waals surface area contributed by atoms with Gasteiger partial charge in [-0.05, 0) is 37.3 Å². The summed E-state index contributed by atoms with van der Waals surface area (Å²) in [4.78, 5) is 20.9. The van der Waals surface area contributed by atoms with Crippen LogP contribution < -0.4 is 4.74 Å². The maximum Gasteiger partial charge on any atom is 0.179 e. The highest BCUT2D eigenvalue weighted by Gasteiger charge is 2.22.